The van der Waals surface area contributed by atoms with Crippen molar-refractivity contribution in [2.24, 2.45) is 0 Å². The van der Waals surface area contributed by atoms with Crippen LogP contribution in [0.5, 0.6) is 5.75 Å². The van der Waals surface area contributed by atoms with Gasteiger partial charge in [0.2, 0.25) is 0 Å². The summed E-state index contributed by atoms with van der Waals surface area (Å²) < 4.78 is 5.32. The van der Waals surface area contributed by atoms with Crippen molar-refractivity contribution in [3.05, 3.63) is 47.3 Å². The number of pyridine rings is 1. The first kappa shape index (κ1) is 13.1. The van der Waals surface area contributed by atoms with Gasteiger partial charge in [0.05, 0.1) is 7.11 Å². The van der Waals surface area contributed by atoms with Crippen molar-refractivity contribution in [1.82, 2.24) is 4.98 Å². The zero-order valence-corrected chi connectivity index (χ0v) is 11.1. The molecule has 0 saturated carbocycles. The van der Waals surface area contributed by atoms with Gasteiger partial charge in [-0.1, -0.05) is 6.07 Å². The van der Waals surface area contributed by atoms with Crippen molar-refractivity contribution < 1.29 is 14.6 Å². The van der Waals surface area contributed by atoms with Crippen molar-refractivity contribution in [2.45, 2.75) is 13.8 Å². The van der Waals surface area contributed by atoms with Gasteiger partial charge in [0.25, 0.3) is 0 Å². The summed E-state index contributed by atoms with van der Waals surface area (Å²) in [7, 11) is 1.65. The highest BCUT2D eigenvalue weighted by molar-refractivity contribution is 5.85. The van der Waals surface area contributed by atoms with E-state index in [-0.39, 0.29) is 5.69 Å². The number of aryl methyl sites for hydroxylation is 2. The lowest BCUT2D eigenvalue weighted by Crippen LogP contribution is -1.99. The van der Waals surface area contributed by atoms with E-state index in [9.17, 15) is 4.79 Å². The Kier molecular flexibility index (Phi) is 3.51. The Morgan fingerprint density at radius 2 is 1.79 bits per heavy atom. The number of carboxylic acid groups (broad SMARTS) is 1. The summed E-state index contributed by atoms with van der Waals surface area (Å²) in [6.07, 6.45) is 1.57. The Labute approximate surface area is 111 Å². The van der Waals surface area contributed by atoms with E-state index in [1.807, 2.05) is 26.0 Å². The van der Waals surface area contributed by atoms with E-state index in [2.05, 4.69) is 4.98 Å². The summed E-state index contributed by atoms with van der Waals surface area (Å²) in [5.74, 6) is -0.146. The lowest BCUT2D eigenvalue weighted by Gasteiger charge is -2.11. The number of rotatable bonds is 3. The molecule has 2 aromatic rings. The van der Waals surface area contributed by atoms with Crippen molar-refractivity contribution in [1.29, 1.82) is 0 Å². The Hall–Kier alpha value is -2.36. The first-order chi connectivity index (χ1) is 9.02. The molecule has 0 aliphatic carbocycles. The Balaban J connectivity index is 2.44. The number of benzene rings is 1. The average molecular weight is 257 g/mol. The van der Waals surface area contributed by atoms with Crippen LogP contribution >= 0.6 is 0 Å². The van der Waals surface area contributed by atoms with Gasteiger partial charge in [0.15, 0.2) is 0 Å². The van der Waals surface area contributed by atoms with Gasteiger partial charge in [-0.15, -0.1) is 0 Å². The molecule has 0 unspecified atom stereocenters. The van der Waals surface area contributed by atoms with Crippen LogP contribution in [0.15, 0.2) is 30.5 Å². The summed E-state index contributed by atoms with van der Waals surface area (Å²) >= 11 is 0. The molecule has 0 saturated heterocycles. The topological polar surface area (TPSA) is 59.4 Å². The summed E-state index contributed by atoms with van der Waals surface area (Å²) in [5, 5.41) is 8.82. The van der Waals surface area contributed by atoms with Crippen molar-refractivity contribution >= 4 is 5.97 Å². The number of methoxy groups -OCH3 is 1. The largest absolute Gasteiger partial charge is 0.496 e. The number of carbonyl (C=O) groups is 1. The van der Waals surface area contributed by atoms with Gasteiger partial charge in [0, 0.05) is 11.8 Å². The van der Waals surface area contributed by atoms with Crippen molar-refractivity contribution in [2.75, 3.05) is 7.11 Å². The first-order valence-electron chi connectivity index (χ1n) is 5.88. The molecule has 0 aliphatic rings. The molecule has 0 aliphatic heterocycles. The third-order valence-electron chi connectivity index (χ3n) is 2.98. The maximum absolute atomic E-state index is 10.8. The van der Waals surface area contributed by atoms with E-state index in [1.54, 1.807) is 19.4 Å². The number of hydrogen-bond acceptors (Lipinski definition) is 3. The van der Waals surface area contributed by atoms with Crippen LogP contribution in [-0.4, -0.2) is 23.2 Å². The molecule has 0 bridgehead atoms. The number of nitrogens with zero attached hydrogens (tertiary/aromatic N) is 1. The molecule has 2 rings (SSSR count). The molecule has 0 fully saturated rings. The molecule has 0 amide bonds. The predicted octanol–water partition coefficient (Wildman–Crippen LogP) is 3.07. The van der Waals surface area contributed by atoms with Gasteiger partial charge >= 0.3 is 5.97 Å². The predicted molar refractivity (Wildman–Crippen MR) is 72.7 cm³/mol. The Morgan fingerprint density at radius 3 is 2.21 bits per heavy atom. The highest BCUT2D eigenvalue weighted by atomic mass is 16.5. The van der Waals surface area contributed by atoms with Crippen molar-refractivity contribution in [3.8, 4) is 16.9 Å². The molecule has 0 atom stereocenters. The molecule has 1 N–H and O–H groups in total. The van der Waals surface area contributed by atoms with Crippen LogP contribution in [-0.2, 0) is 0 Å². The van der Waals surface area contributed by atoms with Gasteiger partial charge < -0.3 is 9.84 Å². The fraction of sp³-hybridized carbons (Fsp3) is 0.200. The maximum Gasteiger partial charge on any atom is 0.354 e. The third kappa shape index (κ3) is 2.57. The Morgan fingerprint density at radius 1 is 1.16 bits per heavy atom. The maximum atomic E-state index is 10.8. The number of ether oxygens (including phenoxy) is 1. The molecule has 1 aromatic carbocycles. The summed E-state index contributed by atoms with van der Waals surface area (Å²) in [6, 6.07) is 7.27. The van der Waals surface area contributed by atoms with Gasteiger partial charge in [-0.05, 0) is 48.7 Å². The van der Waals surface area contributed by atoms with Gasteiger partial charge in [0.1, 0.15) is 11.4 Å². The number of aromatic carboxylic acids is 1. The summed E-state index contributed by atoms with van der Waals surface area (Å²) in [6.45, 7) is 3.96. The lowest BCUT2D eigenvalue weighted by molar-refractivity contribution is 0.0690. The van der Waals surface area contributed by atoms with E-state index in [1.165, 1.54) is 6.07 Å². The molecular weight excluding hydrogens is 242 g/mol. The number of aromatic nitrogens is 1. The molecular formula is C15H15NO3. The zero-order chi connectivity index (χ0) is 14.0. The summed E-state index contributed by atoms with van der Waals surface area (Å²) in [4.78, 5) is 14.7. The molecule has 19 heavy (non-hydrogen) atoms. The van der Waals surface area contributed by atoms with Crippen LogP contribution in [0.3, 0.4) is 0 Å². The molecule has 1 heterocycles. The number of hydrogen-bond donors (Lipinski definition) is 1. The standard InChI is InChI=1S/C15H15NO3/c1-9-6-12(7-10(2)14(9)19-3)11-4-5-13(15(17)18)16-8-11/h4-8H,1-3H3,(H,17,18). The smallest absolute Gasteiger partial charge is 0.354 e. The second kappa shape index (κ2) is 5.10. The molecule has 4 nitrogen and oxygen atoms in total. The Bertz CT molecular complexity index is 595. The fourth-order valence-electron chi connectivity index (χ4n) is 2.13. The fourth-order valence-corrected chi connectivity index (χ4v) is 2.13. The highest BCUT2D eigenvalue weighted by Crippen LogP contribution is 2.29. The van der Waals surface area contributed by atoms with E-state index in [0.717, 1.165) is 28.0 Å². The minimum Gasteiger partial charge on any atom is -0.496 e. The normalized spacial score (nSPS) is 10.3. The number of carboxylic acids is 1. The van der Waals surface area contributed by atoms with E-state index in [4.69, 9.17) is 9.84 Å². The minimum absolute atomic E-state index is 0.0469. The molecule has 0 radical (unpaired) electrons. The van der Waals surface area contributed by atoms with Gasteiger partial charge in [-0.3, -0.25) is 0 Å². The minimum atomic E-state index is -1.02. The van der Waals surface area contributed by atoms with Gasteiger partial charge in [-0.25, -0.2) is 9.78 Å². The average Bonchev–Trinajstić information content (AvgIpc) is 2.38. The van der Waals surface area contributed by atoms with Crippen LogP contribution < -0.4 is 4.74 Å². The second-order valence-corrected chi connectivity index (χ2v) is 4.38. The molecule has 98 valence electrons. The van der Waals surface area contributed by atoms with E-state index < -0.39 is 5.97 Å². The van der Waals surface area contributed by atoms with E-state index in [0.29, 0.717) is 0 Å². The van der Waals surface area contributed by atoms with Crippen LogP contribution in [0.2, 0.25) is 0 Å². The summed E-state index contributed by atoms with van der Waals surface area (Å²) in [5.41, 5.74) is 4.02. The van der Waals surface area contributed by atoms with Crippen LogP contribution in [0.25, 0.3) is 11.1 Å². The third-order valence-corrected chi connectivity index (χ3v) is 2.98. The van der Waals surface area contributed by atoms with Gasteiger partial charge in [-0.2, -0.15) is 0 Å². The lowest BCUT2D eigenvalue weighted by atomic mass is 10.0. The van der Waals surface area contributed by atoms with Crippen LogP contribution in [0.4, 0.5) is 0 Å². The molecule has 4 heteroatoms. The van der Waals surface area contributed by atoms with Crippen molar-refractivity contribution in [3.63, 3.8) is 0 Å². The quantitative estimate of drug-likeness (QED) is 0.918. The SMILES string of the molecule is COc1c(C)cc(-c2ccc(C(=O)O)nc2)cc1C. The zero-order valence-electron chi connectivity index (χ0n) is 11.1. The van der Waals surface area contributed by atoms with Crippen LogP contribution in [0.1, 0.15) is 21.6 Å². The van der Waals surface area contributed by atoms with Crippen LogP contribution in [0, 0.1) is 13.8 Å². The molecule has 0 spiro atoms. The second-order valence-electron chi connectivity index (χ2n) is 4.38. The first-order valence-corrected chi connectivity index (χ1v) is 5.88. The van der Waals surface area contributed by atoms with E-state index >= 15 is 0 Å². The highest BCUT2D eigenvalue weighted by Gasteiger charge is 2.08. The molecule has 1 aromatic heterocycles. The monoisotopic (exact) mass is 257 g/mol.